The highest BCUT2D eigenvalue weighted by molar-refractivity contribution is 6.39. The third kappa shape index (κ3) is 4.02. The third-order valence-electron chi connectivity index (χ3n) is 3.94. The molecular weight excluding hydrogens is 309 g/mol. The van der Waals surface area contributed by atoms with E-state index >= 15 is 0 Å². The zero-order chi connectivity index (χ0) is 15.6. The summed E-state index contributed by atoms with van der Waals surface area (Å²) in [6.45, 7) is 6.40. The summed E-state index contributed by atoms with van der Waals surface area (Å²) in [6, 6.07) is 3.86. The van der Waals surface area contributed by atoms with Crippen molar-refractivity contribution in [1.82, 2.24) is 10.2 Å². The number of nitrogens with zero attached hydrogens (tertiary/aromatic N) is 1. The van der Waals surface area contributed by atoms with Crippen molar-refractivity contribution in [1.29, 1.82) is 0 Å². The molecule has 1 fully saturated rings. The minimum atomic E-state index is -0.151. The highest BCUT2D eigenvalue weighted by Crippen LogP contribution is 2.29. The van der Waals surface area contributed by atoms with Crippen LogP contribution < -0.4 is 11.1 Å². The number of nitrogen functional groups attached to an aromatic ring is 1. The first-order chi connectivity index (χ1) is 9.88. The molecule has 1 aromatic carbocycles. The van der Waals surface area contributed by atoms with Gasteiger partial charge in [0.15, 0.2) is 0 Å². The van der Waals surface area contributed by atoms with E-state index in [9.17, 15) is 4.79 Å². The number of nitrogens with one attached hydrogen (secondary N) is 1. The lowest BCUT2D eigenvalue weighted by molar-refractivity contribution is 0.0900. The number of amides is 1. The predicted octanol–water partition coefficient (Wildman–Crippen LogP) is 3.18. The standard InChI is InChI=1S/C15H21Cl2N3O/c1-9(2)20-5-3-11(4-6-20)19-15(21)10-7-12(16)14(18)13(17)8-10/h7-9,11H,3-6,18H2,1-2H3,(H,19,21). The van der Waals surface area contributed by atoms with Gasteiger partial charge in [0.1, 0.15) is 0 Å². The summed E-state index contributed by atoms with van der Waals surface area (Å²) in [4.78, 5) is 14.7. The number of nitrogens with two attached hydrogens (primary N) is 1. The Morgan fingerprint density at radius 3 is 2.29 bits per heavy atom. The van der Waals surface area contributed by atoms with Crippen LogP contribution in [0.25, 0.3) is 0 Å². The monoisotopic (exact) mass is 329 g/mol. The van der Waals surface area contributed by atoms with Crippen LogP contribution in [0.5, 0.6) is 0 Å². The van der Waals surface area contributed by atoms with Gasteiger partial charge >= 0.3 is 0 Å². The highest BCUT2D eigenvalue weighted by atomic mass is 35.5. The van der Waals surface area contributed by atoms with Gasteiger partial charge in [0.25, 0.3) is 5.91 Å². The summed E-state index contributed by atoms with van der Waals surface area (Å²) in [6.07, 6.45) is 1.92. The molecule has 0 unspecified atom stereocenters. The molecule has 0 aromatic heterocycles. The van der Waals surface area contributed by atoms with Gasteiger partial charge < -0.3 is 16.0 Å². The van der Waals surface area contributed by atoms with Crippen LogP contribution in [-0.2, 0) is 0 Å². The number of piperidine rings is 1. The average molecular weight is 330 g/mol. The number of carbonyl (C=O) groups excluding carboxylic acids is 1. The van der Waals surface area contributed by atoms with E-state index in [0.29, 0.717) is 27.3 Å². The van der Waals surface area contributed by atoms with Crippen LogP contribution in [0.15, 0.2) is 12.1 Å². The molecule has 1 amide bonds. The van der Waals surface area contributed by atoms with E-state index < -0.39 is 0 Å². The molecule has 0 atom stereocenters. The summed E-state index contributed by atoms with van der Waals surface area (Å²) < 4.78 is 0. The van der Waals surface area contributed by atoms with E-state index in [0.717, 1.165) is 25.9 Å². The van der Waals surface area contributed by atoms with Gasteiger partial charge in [0, 0.05) is 30.7 Å². The van der Waals surface area contributed by atoms with Crippen molar-refractivity contribution in [2.75, 3.05) is 18.8 Å². The molecule has 0 aliphatic carbocycles. The van der Waals surface area contributed by atoms with Crippen molar-refractivity contribution in [3.05, 3.63) is 27.7 Å². The van der Waals surface area contributed by atoms with E-state index in [1.807, 2.05) is 0 Å². The quantitative estimate of drug-likeness (QED) is 0.837. The van der Waals surface area contributed by atoms with Crippen LogP contribution in [0.1, 0.15) is 37.0 Å². The minimum absolute atomic E-state index is 0.151. The maximum Gasteiger partial charge on any atom is 0.251 e. The molecule has 1 aliphatic heterocycles. The Balaban J connectivity index is 1.97. The number of likely N-dealkylation sites (tertiary alicyclic amines) is 1. The molecule has 1 aromatic rings. The van der Waals surface area contributed by atoms with Gasteiger partial charge in [0.05, 0.1) is 15.7 Å². The van der Waals surface area contributed by atoms with Crippen molar-refractivity contribution in [3.8, 4) is 0 Å². The van der Waals surface area contributed by atoms with Crippen molar-refractivity contribution in [2.24, 2.45) is 0 Å². The maximum atomic E-state index is 12.3. The molecule has 21 heavy (non-hydrogen) atoms. The maximum absolute atomic E-state index is 12.3. The highest BCUT2D eigenvalue weighted by Gasteiger charge is 2.22. The molecule has 1 heterocycles. The minimum Gasteiger partial charge on any atom is -0.396 e. The predicted molar refractivity (Wildman–Crippen MR) is 88.1 cm³/mol. The van der Waals surface area contributed by atoms with Gasteiger partial charge in [-0.3, -0.25) is 4.79 Å². The summed E-state index contributed by atoms with van der Waals surface area (Å²) in [5.41, 5.74) is 6.43. The summed E-state index contributed by atoms with van der Waals surface area (Å²) >= 11 is 11.9. The molecular formula is C15H21Cl2N3O. The van der Waals surface area contributed by atoms with E-state index in [-0.39, 0.29) is 11.9 Å². The Kier molecular flexibility index (Phi) is 5.36. The molecule has 0 radical (unpaired) electrons. The lowest BCUT2D eigenvalue weighted by atomic mass is 10.0. The van der Waals surface area contributed by atoms with Crippen LogP contribution in [0, 0.1) is 0 Å². The molecule has 0 saturated carbocycles. The van der Waals surface area contributed by atoms with Crippen LogP contribution in [-0.4, -0.2) is 36.0 Å². The Hall–Kier alpha value is -0.970. The van der Waals surface area contributed by atoms with Gasteiger partial charge in [-0.05, 0) is 38.8 Å². The van der Waals surface area contributed by atoms with E-state index in [4.69, 9.17) is 28.9 Å². The van der Waals surface area contributed by atoms with Crippen molar-refractivity contribution in [2.45, 2.75) is 38.8 Å². The lowest BCUT2D eigenvalue weighted by Crippen LogP contribution is -2.46. The number of carbonyl (C=O) groups is 1. The van der Waals surface area contributed by atoms with Crippen LogP contribution in [0.2, 0.25) is 10.0 Å². The van der Waals surface area contributed by atoms with Gasteiger partial charge in [-0.25, -0.2) is 0 Å². The normalized spacial score (nSPS) is 17.2. The Morgan fingerprint density at radius 2 is 1.81 bits per heavy atom. The average Bonchev–Trinajstić information content (AvgIpc) is 2.44. The second kappa shape index (κ2) is 6.86. The SMILES string of the molecule is CC(C)N1CCC(NC(=O)c2cc(Cl)c(N)c(Cl)c2)CC1. The summed E-state index contributed by atoms with van der Waals surface area (Å²) in [5.74, 6) is -0.151. The number of benzene rings is 1. The van der Waals surface area contributed by atoms with Gasteiger partial charge in [-0.1, -0.05) is 23.2 Å². The summed E-state index contributed by atoms with van der Waals surface area (Å²) in [7, 11) is 0. The van der Waals surface area contributed by atoms with E-state index in [1.54, 1.807) is 12.1 Å². The molecule has 0 spiro atoms. The van der Waals surface area contributed by atoms with E-state index in [2.05, 4.69) is 24.1 Å². The smallest absolute Gasteiger partial charge is 0.251 e. The molecule has 116 valence electrons. The first kappa shape index (κ1) is 16.4. The number of rotatable bonds is 3. The zero-order valence-electron chi connectivity index (χ0n) is 12.3. The van der Waals surface area contributed by atoms with Crippen molar-refractivity contribution < 1.29 is 4.79 Å². The molecule has 3 N–H and O–H groups in total. The van der Waals surface area contributed by atoms with E-state index in [1.165, 1.54) is 0 Å². The van der Waals surface area contributed by atoms with Crippen LogP contribution in [0.4, 0.5) is 5.69 Å². The van der Waals surface area contributed by atoms with Crippen molar-refractivity contribution in [3.63, 3.8) is 0 Å². The van der Waals surface area contributed by atoms with Crippen LogP contribution in [0.3, 0.4) is 0 Å². The van der Waals surface area contributed by atoms with Gasteiger partial charge in [-0.2, -0.15) is 0 Å². The first-order valence-electron chi connectivity index (χ1n) is 7.18. The van der Waals surface area contributed by atoms with Crippen LogP contribution >= 0.6 is 23.2 Å². The fraction of sp³-hybridized carbons (Fsp3) is 0.533. The molecule has 4 nitrogen and oxygen atoms in total. The Morgan fingerprint density at radius 1 is 1.29 bits per heavy atom. The number of hydrogen-bond acceptors (Lipinski definition) is 3. The first-order valence-corrected chi connectivity index (χ1v) is 7.93. The summed E-state index contributed by atoms with van der Waals surface area (Å²) in [5, 5.41) is 3.66. The zero-order valence-corrected chi connectivity index (χ0v) is 13.8. The Bertz CT molecular complexity index is 503. The number of hydrogen-bond donors (Lipinski definition) is 2. The largest absolute Gasteiger partial charge is 0.396 e. The molecule has 1 saturated heterocycles. The molecule has 6 heteroatoms. The number of halogens is 2. The fourth-order valence-corrected chi connectivity index (χ4v) is 3.03. The fourth-order valence-electron chi connectivity index (χ4n) is 2.54. The lowest BCUT2D eigenvalue weighted by Gasteiger charge is -2.34. The molecule has 2 rings (SSSR count). The second-order valence-corrected chi connectivity index (χ2v) is 6.55. The number of anilines is 1. The topological polar surface area (TPSA) is 58.4 Å². The molecule has 1 aliphatic rings. The van der Waals surface area contributed by atoms with Crippen molar-refractivity contribution >= 4 is 34.8 Å². The second-order valence-electron chi connectivity index (χ2n) is 5.73. The third-order valence-corrected chi connectivity index (χ3v) is 4.56. The Labute approximate surface area is 135 Å². The van der Waals surface area contributed by atoms with Gasteiger partial charge in [0.2, 0.25) is 0 Å². The van der Waals surface area contributed by atoms with Gasteiger partial charge in [-0.15, -0.1) is 0 Å². The molecule has 0 bridgehead atoms.